The van der Waals surface area contributed by atoms with Crippen molar-refractivity contribution in [3.05, 3.63) is 29.3 Å². The maximum atomic E-state index is 12.0. The largest absolute Gasteiger partial charge is 0.350 e. The minimum Gasteiger partial charge on any atom is -0.350 e. The Morgan fingerprint density at radius 1 is 1.40 bits per heavy atom. The van der Waals surface area contributed by atoms with Crippen LogP contribution in [-0.2, 0) is 10.0 Å². The maximum absolute atomic E-state index is 12.0. The predicted octanol–water partition coefficient (Wildman–Crippen LogP) is 1.92. The van der Waals surface area contributed by atoms with Gasteiger partial charge in [-0.3, -0.25) is 9.10 Å². The van der Waals surface area contributed by atoms with Crippen LogP contribution in [0.2, 0.25) is 0 Å². The zero-order valence-electron chi connectivity index (χ0n) is 12.6. The highest BCUT2D eigenvalue weighted by atomic mass is 32.2. The van der Waals surface area contributed by atoms with Gasteiger partial charge in [-0.25, -0.2) is 8.42 Å². The molecule has 0 fully saturated rings. The fourth-order valence-corrected chi connectivity index (χ4v) is 2.30. The first-order valence-electron chi connectivity index (χ1n) is 6.52. The van der Waals surface area contributed by atoms with Gasteiger partial charge in [0.05, 0.1) is 11.9 Å². The first-order valence-corrected chi connectivity index (χ1v) is 8.37. The number of rotatable bonds is 5. The zero-order valence-corrected chi connectivity index (χ0v) is 13.4. The lowest BCUT2D eigenvalue weighted by atomic mass is 10.1. The molecule has 0 aliphatic rings. The van der Waals surface area contributed by atoms with E-state index < -0.39 is 10.0 Å². The van der Waals surface area contributed by atoms with Crippen LogP contribution in [-0.4, -0.2) is 33.7 Å². The Bertz CT molecular complexity index is 596. The van der Waals surface area contributed by atoms with Crippen molar-refractivity contribution in [2.75, 3.05) is 17.6 Å². The SMILES string of the molecule is CC[C@H](C)NC(=O)c1ccc(N(C)S(C)(=O)=O)c(C)c1. The monoisotopic (exact) mass is 298 g/mol. The molecule has 1 aromatic rings. The van der Waals surface area contributed by atoms with E-state index in [4.69, 9.17) is 0 Å². The van der Waals surface area contributed by atoms with Crippen molar-refractivity contribution in [3.8, 4) is 0 Å². The summed E-state index contributed by atoms with van der Waals surface area (Å²) in [6, 6.07) is 5.11. The Morgan fingerprint density at radius 3 is 2.45 bits per heavy atom. The summed E-state index contributed by atoms with van der Waals surface area (Å²) in [5, 5.41) is 2.88. The first-order chi connectivity index (χ1) is 9.16. The average Bonchev–Trinajstić information content (AvgIpc) is 2.36. The first kappa shape index (κ1) is 16.5. The van der Waals surface area contributed by atoms with Crippen LogP contribution in [0.25, 0.3) is 0 Å². The van der Waals surface area contributed by atoms with Gasteiger partial charge in [0.2, 0.25) is 10.0 Å². The van der Waals surface area contributed by atoms with Crippen LogP contribution < -0.4 is 9.62 Å². The van der Waals surface area contributed by atoms with Crippen LogP contribution in [0, 0.1) is 6.92 Å². The number of carbonyl (C=O) groups excluding carboxylic acids is 1. The number of sulfonamides is 1. The molecule has 0 saturated carbocycles. The van der Waals surface area contributed by atoms with Crippen molar-refractivity contribution in [2.24, 2.45) is 0 Å². The Balaban J connectivity index is 3.02. The quantitative estimate of drug-likeness (QED) is 0.903. The lowest BCUT2D eigenvalue weighted by molar-refractivity contribution is 0.0939. The number of carbonyl (C=O) groups is 1. The molecule has 0 radical (unpaired) electrons. The van der Waals surface area contributed by atoms with E-state index in [1.165, 1.54) is 11.4 Å². The normalized spacial score (nSPS) is 12.8. The van der Waals surface area contributed by atoms with Crippen molar-refractivity contribution in [3.63, 3.8) is 0 Å². The maximum Gasteiger partial charge on any atom is 0.251 e. The summed E-state index contributed by atoms with van der Waals surface area (Å²) >= 11 is 0. The third-order valence-corrected chi connectivity index (χ3v) is 4.48. The molecule has 112 valence electrons. The van der Waals surface area contributed by atoms with E-state index in [0.29, 0.717) is 11.3 Å². The summed E-state index contributed by atoms with van der Waals surface area (Å²) in [5.74, 6) is -0.143. The lowest BCUT2D eigenvalue weighted by Gasteiger charge is -2.19. The number of nitrogens with one attached hydrogen (secondary N) is 1. The van der Waals surface area contributed by atoms with Crippen LogP contribution >= 0.6 is 0 Å². The molecular weight excluding hydrogens is 276 g/mol. The number of amides is 1. The molecule has 0 aliphatic heterocycles. The fourth-order valence-electron chi connectivity index (χ4n) is 1.74. The van der Waals surface area contributed by atoms with E-state index in [1.807, 2.05) is 13.8 Å². The van der Waals surface area contributed by atoms with Crippen molar-refractivity contribution in [2.45, 2.75) is 33.2 Å². The Kier molecular flexibility index (Phi) is 5.16. The molecule has 0 saturated heterocycles. The molecule has 0 aliphatic carbocycles. The van der Waals surface area contributed by atoms with Crippen molar-refractivity contribution >= 4 is 21.6 Å². The van der Waals surface area contributed by atoms with Gasteiger partial charge in [0.1, 0.15) is 0 Å². The van der Waals surface area contributed by atoms with Crippen molar-refractivity contribution in [1.82, 2.24) is 5.32 Å². The minimum absolute atomic E-state index is 0.112. The molecule has 1 atom stereocenters. The Morgan fingerprint density at radius 2 is 2.00 bits per heavy atom. The van der Waals surface area contributed by atoms with E-state index in [-0.39, 0.29) is 11.9 Å². The van der Waals surface area contributed by atoms with Gasteiger partial charge >= 0.3 is 0 Å². The van der Waals surface area contributed by atoms with E-state index in [9.17, 15) is 13.2 Å². The number of aryl methyl sites for hydroxylation is 1. The minimum atomic E-state index is -3.30. The van der Waals surface area contributed by atoms with E-state index >= 15 is 0 Å². The fraction of sp³-hybridized carbons (Fsp3) is 0.500. The molecule has 1 rings (SSSR count). The number of hydrogen-bond donors (Lipinski definition) is 1. The number of nitrogens with zero attached hydrogens (tertiary/aromatic N) is 1. The Hall–Kier alpha value is -1.56. The Labute approximate surface area is 121 Å². The van der Waals surface area contributed by atoms with Gasteiger partial charge in [0.25, 0.3) is 5.91 Å². The molecule has 1 N–H and O–H groups in total. The molecule has 20 heavy (non-hydrogen) atoms. The highest BCUT2D eigenvalue weighted by molar-refractivity contribution is 7.92. The third kappa shape index (κ3) is 3.96. The summed E-state index contributed by atoms with van der Waals surface area (Å²) in [7, 11) is -1.81. The highest BCUT2D eigenvalue weighted by Crippen LogP contribution is 2.22. The molecule has 0 heterocycles. The third-order valence-electron chi connectivity index (χ3n) is 3.29. The lowest BCUT2D eigenvalue weighted by Crippen LogP contribution is -2.32. The topological polar surface area (TPSA) is 66.5 Å². The average molecular weight is 298 g/mol. The molecule has 6 heteroatoms. The van der Waals surface area contributed by atoms with Gasteiger partial charge in [-0.1, -0.05) is 6.92 Å². The van der Waals surface area contributed by atoms with Gasteiger partial charge in [0, 0.05) is 18.7 Å². The van der Waals surface area contributed by atoms with E-state index in [0.717, 1.165) is 18.2 Å². The van der Waals surface area contributed by atoms with Crippen LogP contribution in [0.15, 0.2) is 18.2 Å². The second-order valence-corrected chi connectivity index (χ2v) is 7.03. The second-order valence-electron chi connectivity index (χ2n) is 5.01. The summed E-state index contributed by atoms with van der Waals surface area (Å²) in [6.45, 7) is 5.73. The number of anilines is 1. The van der Waals surface area contributed by atoms with Crippen molar-refractivity contribution < 1.29 is 13.2 Å². The molecule has 0 unspecified atom stereocenters. The van der Waals surface area contributed by atoms with Gasteiger partial charge in [0.15, 0.2) is 0 Å². The second kappa shape index (κ2) is 6.26. The van der Waals surface area contributed by atoms with Gasteiger partial charge < -0.3 is 5.32 Å². The summed E-state index contributed by atoms with van der Waals surface area (Å²) in [5.41, 5.74) is 1.86. The predicted molar refractivity (Wildman–Crippen MR) is 81.6 cm³/mol. The molecule has 1 amide bonds. The standard InChI is InChI=1S/C14H22N2O3S/c1-6-11(3)15-14(17)12-7-8-13(10(2)9-12)16(4)20(5,18)19/h7-9,11H,6H2,1-5H3,(H,15,17)/t11-/m0/s1. The smallest absolute Gasteiger partial charge is 0.251 e. The molecule has 5 nitrogen and oxygen atoms in total. The van der Waals surface area contributed by atoms with E-state index in [1.54, 1.807) is 25.1 Å². The molecule has 0 spiro atoms. The summed E-state index contributed by atoms with van der Waals surface area (Å²) in [6.07, 6.45) is 2.01. The summed E-state index contributed by atoms with van der Waals surface area (Å²) in [4.78, 5) is 12.0. The van der Waals surface area contributed by atoms with E-state index in [2.05, 4.69) is 5.32 Å². The summed E-state index contributed by atoms with van der Waals surface area (Å²) < 4.78 is 24.3. The van der Waals surface area contributed by atoms with Crippen molar-refractivity contribution in [1.29, 1.82) is 0 Å². The number of hydrogen-bond acceptors (Lipinski definition) is 3. The van der Waals surface area contributed by atoms with Crippen LogP contribution in [0.3, 0.4) is 0 Å². The molecular formula is C14H22N2O3S. The van der Waals surface area contributed by atoms with Crippen LogP contribution in [0.5, 0.6) is 0 Å². The molecule has 0 aromatic heterocycles. The van der Waals surface area contributed by atoms with Crippen LogP contribution in [0.4, 0.5) is 5.69 Å². The van der Waals surface area contributed by atoms with Gasteiger partial charge in [-0.05, 0) is 44.0 Å². The van der Waals surface area contributed by atoms with Gasteiger partial charge in [-0.15, -0.1) is 0 Å². The molecule has 0 bridgehead atoms. The van der Waals surface area contributed by atoms with Gasteiger partial charge in [-0.2, -0.15) is 0 Å². The zero-order chi connectivity index (χ0) is 15.5. The van der Waals surface area contributed by atoms with Crippen LogP contribution in [0.1, 0.15) is 36.2 Å². The number of benzene rings is 1. The molecule has 1 aromatic carbocycles. The highest BCUT2D eigenvalue weighted by Gasteiger charge is 2.16.